The Bertz CT molecular complexity index is 740. The quantitative estimate of drug-likeness (QED) is 0.568. The van der Waals surface area contributed by atoms with Crippen molar-refractivity contribution in [3.8, 4) is 0 Å². The molecular weight excluding hydrogens is 308 g/mol. The van der Waals surface area contributed by atoms with Crippen molar-refractivity contribution in [3.63, 3.8) is 0 Å². The van der Waals surface area contributed by atoms with Gasteiger partial charge in [-0.3, -0.25) is 9.59 Å². The van der Waals surface area contributed by atoms with Crippen LogP contribution in [-0.4, -0.2) is 33.4 Å². The van der Waals surface area contributed by atoms with E-state index in [4.69, 9.17) is 4.74 Å². The van der Waals surface area contributed by atoms with E-state index in [1.165, 1.54) is 0 Å². The molecule has 0 amide bonds. The molecular formula is C19H22O5. The normalized spacial score (nSPS) is 56.8. The number of aliphatic hydroxyl groups is 1. The molecule has 1 heterocycles. The van der Waals surface area contributed by atoms with Crippen LogP contribution in [0.25, 0.3) is 0 Å². The van der Waals surface area contributed by atoms with Crippen LogP contribution < -0.4 is 0 Å². The minimum absolute atomic E-state index is 0.0219. The van der Waals surface area contributed by atoms with E-state index < -0.39 is 33.9 Å². The van der Waals surface area contributed by atoms with Gasteiger partial charge in [0.1, 0.15) is 5.60 Å². The summed E-state index contributed by atoms with van der Waals surface area (Å²) in [5.74, 6) is -2.23. The van der Waals surface area contributed by atoms with Crippen LogP contribution >= 0.6 is 0 Å². The molecule has 5 heteroatoms. The zero-order chi connectivity index (χ0) is 17.1. The van der Waals surface area contributed by atoms with Gasteiger partial charge in [0, 0.05) is 18.3 Å². The second-order valence-corrected chi connectivity index (χ2v) is 8.84. The molecule has 2 N–H and O–H groups in total. The van der Waals surface area contributed by atoms with E-state index in [0.29, 0.717) is 32.1 Å². The maximum atomic E-state index is 12.6. The lowest BCUT2D eigenvalue weighted by Gasteiger charge is -2.45. The number of hydrogen-bond acceptors (Lipinski definition) is 4. The molecule has 1 aliphatic heterocycles. The van der Waals surface area contributed by atoms with Crippen LogP contribution in [0.3, 0.4) is 0 Å². The van der Waals surface area contributed by atoms with Crippen molar-refractivity contribution in [1.29, 1.82) is 0 Å². The first-order valence-electron chi connectivity index (χ1n) is 8.74. The van der Waals surface area contributed by atoms with Gasteiger partial charge in [0.15, 0.2) is 0 Å². The first-order valence-corrected chi connectivity index (χ1v) is 8.74. The average Bonchev–Trinajstić information content (AvgIpc) is 2.88. The van der Waals surface area contributed by atoms with Gasteiger partial charge in [0.05, 0.1) is 16.9 Å². The van der Waals surface area contributed by atoms with Crippen molar-refractivity contribution in [2.75, 3.05) is 0 Å². The van der Waals surface area contributed by atoms with Crippen LogP contribution in [0.15, 0.2) is 24.3 Å². The number of aliphatic carboxylic acids is 1. The zero-order valence-electron chi connectivity index (χ0n) is 13.7. The van der Waals surface area contributed by atoms with Crippen LogP contribution in [0.4, 0.5) is 0 Å². The number of carbonyl (C=O) groups excluding carboxylic acids is 1. The molecule has 24 heavy (non-hydrogen) atoms. The summed E-state index contributed by atoms with van der Waals surface area (Å²) in [7, 11) is 0. The van der Waals surface area contributed by atoms with E-state index in [1.54, 1.807) is 0 Å². The Morgan fingerprint density at radius 3 is 2.92 bits per heavy atom. The first kappa shape index (κ1) is 14.7. The summed E-state index contributed by atoms with van der Waals surface area (Å²) in [5, 5.41) is 21.1. The monoisotopic (exact) mass is 330 g/mol. The molecule has 128 valence electrons. The second kappa shape index (κ2) is 3.79. The molecule has 4 aliphatic carbocycles. The molecule has 5 rings (SSSR count). The van der Waals surface area contributed by atoms with Crippen LogP contribution in [0.5, 0.6) is 0 Å². The SMILES string of the molecule is C=C1C[C@]23C[C@@]1(O)CC[C@H]2C12CC=C[C@](C)(C(=O)O1)[C@H]2[C@@H]3C(=O)O. The summed E-state index contributed by atoms with van der Waals surface area (Å²) in [6.07, 6.45) is 6.66. The van der Waals surface area contributed by atoms with E-state index in [0.717, 1.165) is 5.57 Å². The Balaban J connectivity index is 1.77. The van der Waals surface area contributed by atoms with Gasteiger partial charge in [-0.25, -0.2) is 0 Å². The molecule has 4 bridgehead atoms. The predicted octanol–water partition coefficient (Wildman–Crippen LogP) is 2.06. The van der Waals surface area contributed by atoms with Crippen molar-refractivity contribution in [3.05, 3.63) is 24.3 Å². The molecule has 5 aliphatic rings. The van der Waals surface area contributed by atoms with Crippen LogP contribution in [0.1, 0.15) is 39.0 Å². The van der Waals surface area contributed by atoms with E-state index in [9.17, 15) is 19.8 Å². The third-order valence-electron chi connectivity index (χ3n) is 7.97. The van der Waals surface area contributed by atoms with Gasteiger partial charge in [0.2, 0.25) is 0 Å². The minimum atomic E-state index is -0.952. The van der Waals surface area contributed by atoms with Gasteiger partial charge in [-0.15, -0.1) is 0 Å². The largest absolute Gasteiger partial charge is 0.481 e. The maximum Gasteiger partial charge on any atom is 0.316 e. The standard InChI is InChI=1S/C19H22O5/c1-10-8-17-9-18(10,23)7-4-11(17)19-6-3-5-16(2,15(22)24-19)13(19)12(17)14(20)21/h3,5,11-13,23H,1,4,6-9H2,2H3,(H,20,21)/t11-,12-,13-,16+,17+,18+,19?/m1/s1. The highest BCUT2D eigenvalue weighted by atomic mass is 16.6. The Morgan fingerprint density at radius 1 is 1.46 bits per heavy atom. The summed E-state index contributed by atoms with van der Waals surface area (Å²) in [5.41, 5.74) is -2.35. The van der Waals surface area contributed by atoms with E-state index in [1.807, 2.05) is 19.1 Å². The number of rotatable bonds is 1. The number of hydrogen-bond donors (Lipinski definition) is 2. The highest BCUT2D eigenvalue weighted by molar-refractivity contribution is 5.86. The van der Waals surface area contributed by atoms with Gasteiger partial charge in [-0.2, -0.15) is 0 Å². The Morgan fingerprint density at radius 2 is 2.21 bits per heavy atom. The highest BCUT2D eigenvalue weighted by Crippen LogP contribution is 2.77. The van der Waals surface area contributed by atoms with E-state index in [-0.39, 0.29) is 17.8 Å². The lowest BCUT2D eigenvalue weighted by Crippen LogP contribution is -2.47. The molecule has 1 saturated heterocycles. The van der Waals surface area contributed by atoms with E-state index in [2.05, 4.69) is 6.58 Å². The summed E-state index contributed by atoms with van der Waals surface area (Å²) in [6.45, 7) is 5.88. The van der Waals surface area contributed by atoms with Crippen LogP contribution in [0, 0.1) is 28.6 Å². The number of fused-ring (bicyclic) bond motifs is 1. The number of carbonyl (C=O) groups is 2. The molecule has 1 unspecified atom stereocenters. The fourth-order valence-corrected chi connectivity index (χ4v) is 7.23. The molecule has 0 aromatic carbocycles. The number of carboxylic acids is 1. The van der Waals surface area contributed by atoms with Crippen molar-refractivity contribution in [2.24, 2.45) is 28.6 Å². The molecule has 7 atom stereocenters. The fraction of sp³-hybridized carbons (Fsp3) is 0.684. The van der Waals surface area contributed by atoms with Crippen molar-refractivity contribution >= 4 is 11.9 Å². The van der Waals surface area contributed by atoms with E-state index >= 15 is 0 Å². The topological polar surface area (TPSA) is 83.8 Å². The smallest absolute Gasteiger partial charge is 0.316 e. The molecule has 5 nitrogen and oxygen atoms in total. The average molecular weight is 330 g/mol. The van der Waals surface area contributed by atoms with Gasteiger partial charge < -0.3 is 14.9 Å². The van der Waals surface area contributed by atoms with Gasteiger partial charge >= 0.3 is 11.9 Å². The molecule has 4 fully saturated rings. The highest BCUT2D eigenvalue weighted by Gasteiger charge is 2.82. The second-order valence-electron chi connectivity index (χ2n) is 8.84. The maximum absolute atomic E-state index is 12.6. The molecule has 0 aromatic rings. The summed E-state index contributed by atoms with van der Waals surface area (Å²) >= 11 is 0. The fourth-order valence-electron chi connectivity index (χ4n) is 7.23. The van der Waals surface area contributed by atoms with Gasteiger partial charge in [0.25, 0.3) is 0 Å². The Hall–Kier alpha value is -1.62. The first-order chi connectivity index (χ1) is 11.2. The van der Waals surface area contributed by atoms with Crippen LogP contribution in [-0.2, 0) is 14.3 Å². The lowest BCUT2D eigenvalue weighted by atomic mass is 9.62. The Kier molecular flexibility index (Phi) is 2.32. The van der Waals surface area contributed by atoms with Crippen molar-refractivity contribution < 1.29 is 24.5 Å². The zero-order valence-corrected chi connectivity index (χ0v) is 13.7. The third-order valence-corrected chi connectivity index (χ3v) is 7.97. The number of ether oxygens (including phenoxy) is 1. The molecule has 0 aromatic heterocycles. The number of carboxylic acid groups (broad SMARTS) is 1. The summed E-state index contributed by atoms with van der Waals surface area (Å²) < 4.78 is 5.99. The predicted molar refractivity (Wildman–Crippen MR) is 83.8 cm³/mol. The van der Waals surface area contributed by atoms with Crippen LogP contribution in [0.2, 0.25) is 0 Å². The third kappa shape index (κ3) is 1.25. The number of esters is 1. The van der Waals surface area contributed by atoms with Gasteiger partial charge in [-0.05, 0) is 43.6 Å². The van der Waals surface area contributed by atoms with Gasteiger partial charge in [-0.1, -0.05) is 18.7 Å². The minimum Gasteiger partial charge on any atom is -0.481 e. The van der Waals surface area contributed by atoms with Crippen molar-refractivity contribution in [1.82, 2.24) is 0 Å². The molecule has 3 saturated carbocycles. The van der Waals surface area contributed by atoms with Crippen molar-refractivity contribution in [2.45, 2.75) is 50.2 Å². The molecule has 1 spiro atoms. The molecule has 0 radical (unpaired) electrons. The summed E-state index contributed by atoms with van der Waals surface area (Å²) in [6, 6.07) is 0. The lowest BCUT2D eigenvalue weighted by molar-refractivity contribution is -0.162. The Labute approximate surface area is 140 Å². The summed E-state index contributed by atoms with van der Waals surface area (Å²) in [4.78, 5) is 25.0.